The highest BCUT2D eigenvalue weighted by Crippen LogP contribution is 2.23. The molecule has 37 heavy (non-hydrogen) atoms. The van der Waals surface area contributed by atoms with E-state index in [1.807, 2.05) is 13.0 Å². The standard InChI is InChI=1S/C27H36FN3O5S/c1-4-25(27(33)29-22-12-6-5-7-13-22)30(18-20-10-8-15-24(16-20)36-2)26(32)19-31(37(3,34)35)23-14-9-11-21(28)17-23/h8-11,14-17,22,25H,4-7,12-13,18-19H2,1-3H3,(H,29,33). The molecule has 1 N–H and O–H groups in total. The molecule has 8 nitrogen and oxygen atoms in total. The van der Waals surface area contributed by atoms with Gasteiger partial charge in [0, 0.05) is 12.6 Å². The van der Waals surface area contributed by atoms with Crippen LogP contribution in [0, 0.1) is 5.82 Å². The molecule has 0 saturated heterocycles. The van der Waals surface area contributed by atoms with E-state index in [0.29, 0.717) is 12.2 Å². The van der Waals surface area contributed by atoms with Gasteiger partial charge in [-0.2, -0.15) is 0 Å². The number of ether oxygens (including phenoxy) is 1. The maximum absolute atomic E-state index is 13.9. The van der Waals surface area contributed by atoms with E-state index >= 15 is 0 Å². The summed E-state index contributed by atoms with van der Waals surface area (Å²) < 4.78 is 45.3. The number of benzene rings is 2. The Kier molecular flexibility index (Phi) is 9.91. The molecule has 1 unspecified atom stereocenters. The monoisotopic (exact) mass is 533 g/mol. The quantitative estimate of drug-likeness (QED) is 0.473. The first kappa shape index (κ1) is 28.4. The fourth-order valence-electron chi connectivity index (χ4n) is 4.68. The van der Waals surface area contributed by atoms with E-state index in [-0.39, 0.29) is 24.2 Å². The highest BCUT2D eigenvalue weighted by Gasteiger charge is 2.33. The normalized spacial score (nSPS) is 15.0. The van der Waals surface area contributed by atoms with Crippen molar-refractivity contribution >= 4 is 27.5 Å². The van der Waals surface area contributed by atoms with Crippen LogP contribution in [-0.4, -0.2) is 57.1 Å². The minimum atomic E-state index is -3.92. The molecule has 1 aliphatic carbocycles. The summed E-state index contributed by atoms with van der Waals surface area (Å²) in [6, 6.07) is 11.5. The molecule has 10 heteroatoms. The number of anilines is 1. The molecule has 0 aliphatic heterocycles. The van der Waals surface area contributed by atoms with Crippen LogP contribution >= 0.6 is 0 Å². The minimum Gasteiger partial charge on any atom is -0.497 e. The largest absolute Gasteiger partial charge is 0.497 e. The highest BCUT2D eigenvalue weighted by atomic mass is 32.2. The zero-order chi connectivity index (χ0) is 27.0. The summed E-state index contributed by atoms with van der Waals surface area (Å²) in [7, 11) is -2.38. The van der Waals surface area contributed by atoms with Crippen molar-refractivity contribution in [3.63, 3.8) is 0 Å². The van der Waals surface area contributed by atoms with Crippen LogP contribution in [0.3, 0.4) is 0 Å². The highest BCUT2D eigenvalue weighted by molar-refractivity contribution is 7.92. The second-order valence-electron chi connectivity index (χ2n) is 9.39. The summed E-state index contributed by atoms with van der Waals surface area (Å²) in [4.78, 5) is 28.5. The summed E-state index contributed by atoms with van der Waals surface area (Å²) in [6.45, 7) is 1.32. The van der Waals surface area contributed by atoms with Crippen LogP contribution in [-0.2, 0) is 26.2 Å². The Labute approximate surface area is 218 Å². The van der Waals surface area contributed by atoms with Crippen LogP contribution in [0.4, 0.5) is 10.1 Å². The predicted molar refractivity (Wildman–Crippen MR) is 141 cm³/mol. The number of nitrogens with one attached hydrogen (secondary N) is 1. The van der Waals surface area contributed by atoms with E-state index in [9.17, 15) is 22.4 Å². The van der Waals surface area contributed by atoms with Gasteiger partial charge in [0.15, 0.2) is 0 Å². The third-order valence-electron chi connectivity index (χ3n) is 6.60. The Bertz CT molecular complexity index is 1180. The SMILES string of the molecule is CCC(C(=O)NC1CCCCC1)N(Cc1cccc(OC)c1)C(=O)CN(c1cccc(F)c1)S(C)(=O)=O. The van der Waals surface area contributed by atoms with E-state index in [0.717, 1.165) is 54.3 Å². The number of carbonyl (C=O) groups is 2. The topological polar surface area (TPSA) is 96.0 Å². The Morgan fingerprint density at radius 2 is 1.81 bits per heavy atom. The fraction of sp³-hybridized carbons (Fsp3) is 0.481. The van der Waals surface area contributed by atoms with E-state index in [2.05, 4.69) is 5.32 Å². The number of carbonyl (C=O) groups excluding carboxylic acids is 2. The number of methoxy groups -OCH3 is 1. The van der Waals surface area contributed by atoms with Gasteiger partial charge >= 0.3 is 0 Å². The maximum Gasteiger partial charge on any atom is 0.244 e. The van der Waals surface area contributed by atoms with Crippen LogP contribution in [0.15, 0.2) is 48.5 Å². The summed E-state index contributed by atoms with van der Waals surface area (Å²) in [5.74, 6) is -0.849. The van der Waals surface area contributed by atoms with Crippen molar-refractivity contribution in [1.82, 2.24) is 10.2 Å². The molecule has 2 amide bonds. The van der Waals surface area contributed by atoms with Gasteiger partial charge in [-0.25, -0.2) is 12.8 Å². The van der Waals surface area contributed by atoms with Crippen molar-refractivity contribution in [2.24, 2.45) is 0 Å². The number of hydrogen-bond donors (Lipinski definition) is 1. The average molecular weight is 534 g/mol. The molecule has 0 heterocycles. The first-order chi connectivity index (χ1) is 17.6. The fourth-order valence-corrected chi connectivity index (χ4v) is 5.52. The van der Waals surface area contributed by atoms with Gasteiger partial charge in [-0.05, 0) is 55.2 Å². The molecule has 0 aromatic heterocycles. The molecule has 202 valence electrons. The molecule has 0 bridgehead atoms. The number of amides is 2. The van der Waals surface area contributed by atoms with Crippen molar-refractivity contribution in [2.75, 3.05) is 24.2 Å². The Morgan fingerprint density at radius 3 is 2.43 bits per heavy atom. The second-order valence-corrected chi connectivity index (χ2v) is 11.3. The Balaban J connectivity index is 1.92. The smallest absolute Gasteiger partial charge is 0.244 e. The van der Waals surface area contributed by atoms with Gasteiger partial charge < -0.3 is 15.0 Å². The predicted octanol–water partition coefficient (Wildman–Crippen LogP) is 3.86. The molecule has 0 radical (unpaired) electrons. The van der Waals surface area contributed by atoms with Crippen LogP contribution in [0.1, 0.15) is 51.0 Å². The zero-order valence-corrected chi connectivity index (χ0v) is 22.5. The zero-order valence-electron chi connectivity index (χ0n) is 21.7. The number of hydrogen-bond acceptors (Lipinski definition) is 5. The van der Waals surface area contributed by atoms with E-state index < -0.39 is 34.3 Å². The molecule has 2 aromatic rings. The van der Waals surface area contributed by atoms with Crippen molar-refractivity contribution in [3.8, 4) is 5.75 Å². The lowest BCUT2D eigenvalue weighted by atomic mass is 9.95. The van der Waals surface area contributed by atoms with Gasteiger partial charge in [0.05, 0.1) is 19.1 Å². The molecule has 3 rings (SSSR count). The number of sulfonamides is 1. The summed E-state index contributed by atoms with van der Waals surface area (Å²) >= 11 is 0. The molecule has 1 atom stereocenters. The van der Waals surface area contributed by atoms with Gasteiger partial charge in [0.25, 0.3) is 0 Å². The Morgan fingerprint density at radius 1 is 1.11 bits per heavy atom. The first-order valence-electron chi connectivity index (χ1n) is 12.6. The molecule has 1 saturated carbocycles. The van der Waals surface area contributed by atoms with Crippen molar-refractivity contribution in [2.45, 2.75) is 64.1 Å². The lowest BCUT2D eigenvalue weighted by molar-refractivity contribution is -0.140. The maximum atomic E-state index is 13.9. The number of rotatable bonds is 11. The van der Waals surface area contributed by atoms with E-state index in [1.54, 1.807) is 18.2 Å². The number of nitrogens with zero attached hydrogens (tertiary/aromatic N) is 2. The summed E-state index contributed by atoms with van der Waals surface area (Å²) in [6.07, 6.45) is 6.33. The first-order valence-corrected chi connectivity index (χ1v) is 14.4. The lowest BCUT2D eigenvalue weighted by Crippen LogP contribution is -2.53. The van der Waals surface area contributed by atoms with Crippen LogP contribution in [0.5, 0.6) is 5.75 Å². The molecular formula is C27H36FN3O5S. The molecule has 2 aromatic carbocycles. The molecule has 1 aliphatic rings. The van der Waals surface area contributed by atoms with Crippen LogP contribution in [0.25, 0.3) is 0 Å². The second kappa shape index (κ2) is 12.9. The van der Waals surface area contributed by atoms with Gasteiger partial charge in [-0.15, -0.1) is 0 Å². The molecule has 1 fully saturated rings. The van der Waals surface area contributed by atoms with Crippen molar-refractivity contribution in [3.05, 3.63) is 59.9 Å². The number of halogens is 1. The Hall–Kier alpha value is -3.14. The average Bonchev–Trinajstić information content (AvgIpc) is 2.87. The third-order valence-corrected chi connectivity index (χ3v) is 7.74. The van der Waals surface area contributed by atoms with Crippen molar-refractivity contribution in [1.29, 1.82) is 0 Å². The van der Waals surface area contributed by atoms with Gasteiger partial charge in [-0.3, -0.25) is 13.9 Å². The van der Waals surface area contributed by atoms with Crippen LogP contribution < -0.4 is 14.4 Å². The molecule has 0 spiro atoms. The minimum absolute atomic E-state index is 0.0388. The lowest BCUT2D eigenvalue weighted by Gasteiger charge is -2.34. The summed E-state index contributed by atoms with van der Waals surface area (Å²) in [5, 5.41) is 3.10. The van der Waals surface area contributed by atoms with Crippen LogP contribution in [0.2, 0.25) is 0 Å². The third kappa shape index (κ3) is 7.92. The summed E-state index contributed by atoms with van der Waals surface area (Å²) in [5.41, 5.74) is 0.769. The molecular weight excluding hydrogens is 497 g/mol. The van der Waals surface area contributed by atoms with E-state index in [4.69, 9.17) is 4.74 Å². The van der Waals surface area contributed by atoms with E-state index in [1.165, 1.54) is 30.2 Å². The van der Waals surface area contributed by atoms with Crippen molar-refractivity contribution < 1.29 is 27.1 Å². The van der Waals surface area contributed by atoms with Gasteiger partial charge in [0.2, 0.25) is 21.8 Å². The van der Waals surface area contributed by atoms with Gasteiger partial charge in [-0.1, -0.05) is 44.4 Å². The van der Waals surface area contributed by atoms with Gasteiger partial charge in [0.1, 0.15) is 24.2 Å².